The van der Waals surface area contributed by atoms with Crippen LogP contribution in [0.4, 0.5) is 0 Å². The highest BCUT2D eigenvalue weighted by molar-refractivity contribution is 8.00. The van der Waals surface area contributed by atoms with E-state index in [0.29, 0.717) is 0 Å². The first kappa shape index (κ1) is 10.0. The summed E-state index contributed by atoms with van der Waals surface area (Å²) in [5.74, 6) is 0. The molecule has 14 heavy (non-hydrogen) atoms. The van der Waals surface area contributed by atoms with Crippen LogP contribution in [0.5, 0.6) is 0 Å². The lowest BCUT2D eigenvalue weighted by Gasteiger charge is -2.08. The van der Waals surface area contributed by atoms with Crippen LogP contribution in [0.3, 0.4) is 0 Å². The van der Waals surface area contributed by atoms with Crippen LogP contribution in [0.15, 0.2) is 29.2 Å². The van der Waals surface area contributed by atoms with Crippen LogP contribution in [-0.4, -0.2) is 17.0 Å². The van der Waals surface area contributed by atoms with Gasteiger partial charge in [-0.1, -0.05) is 12.1 Å². The van der Waals surface area contributed by atoms with Crippen molar-refractivity contribution in [2.75, 3.05) is 6.61 Å². The lowest BCUT2D eigenvalue weighted by atomic mass is 10.1. The minimum absolute atomic E-state index is 0.00904. The third kappa shape index (κ3) is 2.50. The van der Waals surface area contributed by atoms with Crippen LogP contribution < -0.4 is 5.73 Å². The number of rotatable bonds is 4. The van der Waals surface area contributed by atoms with Gasteiger partial charge in [-0.3, -0.25) is 0 Å². The molecule has 0 saturated heterocycles. The zero-order valence-corrected chi connectivity index (χ0v) is 8.83. The van der Waals surface area contributed by atoms with E-state index >= 15 is 0 Å². The van der Waals surface area contributed by atoms with E-state index in [2.05, 4.69) is 12.1 Å². The number of thioether (sulfide) groups is 1. The molecular weight excluding hydrogens is 194 g/mol. The highest BCUT2D eigenvalue weighted by Crippen LogP contribution is 2.39. The van der Waals surface area contributed by atoms with Gasteiger partial charge in [0.15, 0.2) is 0 Å². The van der Waals surface area contributed by atoms with E-state index in [-0.39, 0.29) is 12.6 Å². The maximum Gasteiger partial charge on any atom is 0.0624 e. The molecule has 0 radical (unpaired) electrons. The quantitative estimate of drug-likeness (QED) is 0.796. The predicted molar refractivity (Wildman–Crippen MR) is 59.3 cm³/mol. The molecule has 1 aromatic rings. The molecule has 1 saturated carbocycles. The molecule has 3 N–H and O–H groups in total. The number of hydrogen-bond donors (Lipinski definition) is 2. The van der Waals surface area contributed by atoms with Gasteiger partial charge in [-0.2, -0.15) is 0 Å². The van der Waals surface area contributed by atoms with Gasteiger partial charge in [0.1, 0.15) is 0 Å². The lowest BCUT2D eigenvalue weighted by molar-refractivity contribution is 0.268. The van der Waals surface area contributed by atoms with Crippen LogP contribution >= 0.6 is 11.8 Å². The molecule has 1 aliphatic carbocycles. The molecular formula is C11H15NOS. The number of hydrogen-bond acceptors (Lipinski definition) is 3. The van der Waals surface area contributed by atoms with Crippen molar-refractivity contribution in [3.05, 3.63) is 29.8 Å². The Kier molecular flexibility index (Phi) is 3.11. The molecule has 0 amide bonds. The molecule has 1 atom stereocenters. The van der Waals surface area contributed by atoms with Crippen LogP contribution in [0.2, 0.25) is 0 Å². The largest absolute Gasteiger partial charge is 0.394 e. The molecule has 2 nitrogen and oxygen atoms in total. The lowest BCUT2D eigenvalue weighted by Crippen LogP contribution is -2.14. The first-order valence-corrected chi connectivity index (χ1v) is 5.80. The van der Waals surface area contributed by atoms with Crippen molar-refractivity contribution in [2.24, 2.45) is 5.73 Å². The molecule has 3 heteroatoms. The zero-order valence-electron chi connectivity index (χ0n) is 8.02. The Bertz CT molecular complexity index is 295. The van der Waals surface area contributed by atoms with Gasteiger partial charge in [0.25, 0.3) is 0 Å². The van der Waals surface area contributed by atoms with Gasteiger partial charge >= 0.3 is 0 Å². The Morgan fingerprint density at radius 1 is 1.36 bits per heavy atom. The summed E-state index contributed by atoms with van der Waals surface area (Å²) in [6.07, 6.45) is 2.70. The third-order valence-electron chi connectivity index (χ3n) is 2.33. The average molecular weight is 209 g/mol. The summed E-state index contributed by atoms with van der Waals surface area (Å²) in [7, 11) is 0. The van der Waals surface area contributed by atoms with Crippen molar-refractivity contribution in [1.29, 1.82) is 0 Å². The van der Waals surface area contributed by atoms with Crippen LogP contribution in [0, 0.1) is 0 Å². The van der Waals surface area contributed by atoms with Gasteiger partial charge in [0.05, 0.1) is 12.6 Å². The Hall–Kier alpha value is -0.510. The monoisotopic (exact) mass is 209 g/mol. The first-order chi connectivity index (χ1) is 6.79. The van der Waals surface area contributed by atoms with Crippen LogP contribution in [-0.2, 0) is 0 Å². The number of aliphatic hydroxyl groups is 1. The number of aliphatic hydroxyl groups excluding tert-OH is 1. The summed E-state index contributed by atoms with van der Waals surface area (Å²) in [6, 6.07) is 7.95. The fraction of sp³-hybridized carbons (Fsp3) is 0.455. The van der Waals surface area contributed by atoms with Gasteiger partial charge in [0.2, 0.25) is 0 Å². The Morgan fingerprint density at radius 3 is 2.50 bits per heavy atom. The minimum atomic E-state index is -0.241. The van der Waals surface area contributed by atoms with Crippen molar-refractivity contribution in [3.63, 3.8) is 0 Å². The summed E-state index contributed by atoms with van der Waals surface area (Å²) in [6.45, 7) is 0.00904. The summed E-state index contributed by atoms with van der Waals surface area (Å²) in [5.41, 5.74) is 6.71. The van der Waals surface area contributed by atoms with E-state index < -0.39 is 0 Å². The first-order valence-electron chi connectivity index (χ1n) is 4.92. The molecule has 1 aliphatic rings. The van der Waals surface area contributed by atoms with E-state index in [1.54, 1.807) is 0 Å². The summed E-state index contributed by atoms with van der Waals surface area (Å²) in [5, 5.41) is 9.72. The maximum absolute atomic E-state index is 8.88. The van der Waals surface area contributed by atoms with Gasteiger partial charge in [-0.05, 0) is 30.5 Å². The molecule has 0 heterocycles. The molecule has 1 aromatic carbocycles. The van der Waals surface area contributed by atoms with E-state index in [9.17, 15) is 0 Å². The van der Waals surface area contributed by atoms with Gasteiger partial charge in [0, 0.05) is 10.1 Å². The molecule has 0 aliphatic heterocycles. The van der Waals surface area contributed by atoms with Crippen LogP contribution in [0.25, 0.3) is 0 Å². The zero-order chi connectivity index (χ0) is 9.97. The second-order valence-electron chi connectivity index (χ2n) is 3.68. The highest BCUT2D eigenvalue weighted by atomic mass is 32.2. The van der Waals surface area contributed by atoms with Gasteiger partial charge in [-0.15, -0.1) is 11.8 Å². The Labute approximate surface area is 88.5 Å². The van der Waals surface area contributed by atoms with Crippen molar-refractivity contribution in [3.8, 4) is 0 Å². The molecule has 2 rings (SSSR count). The van der Waals surface area contributed by atoms with E-state index in [0.717, 1.165) is 10.8 Å². The summed E-state index contributed by atoms with van der Waals surface area (Å²) < 4.78 is 0. The number of benzene rings is 1. The van der Waals surface area contributed by atoms with Crippen molar-refractivity contribution in [2.45, 2.75) is 29.0 Å². The third-order valence-corrected chi connectivity index (χ3v) is 3.68. The minimum Gasteiger partial charge on any atom is -0.394 e. The fourth-order valence-corrected chi connectivity index (χ4v) is 2.33. The van der Waals surface area contributed by atoms with E-state index in [1.807, 2.05) is 23.9 Å². The molecule has 76 valence electrons. The normalized spacial score (nSPS) is 18.1. The molecule has 0 bridgehead atoms. The Balaban J connectivity index is 2.01. The SMILES string of the molecule is NC(CO)c1ccc(SC2CC2)cc1. The van der Waals surface area contributed by atoms with Crippen LogP contribution in [0.1, 0.15) is 24.4 Å². The molecule has 0 spiro atoms. The van der Waals surface area contributed by atoms with Gasteiger partial charge in [-0.25, -0.2) is 0 Å². The maximum atomic E-state index is 8.88. The smallest absolute Gasteiger partial charge is 0.0624 e. The summed E-state index contributed by atoms with van der Waals surface area (Å²) in [4.78, 5) is 1.31. The topological polar surface area (TPSA) is 46.2 Å². The van der Waals surface area contributed by atoms with Crippen molar-refractivity contribution in [1.82, 2.24) is 0 Å². The standard InChI is InChI=1S/C11H15NOS/c12-11(7-13)8-1-3-9(4-2-8)14-10-5-6-10/h1-4,10-11,13H,5-7,12H2. The second-order valence-corrected chi connectivity index (χ2v) is 5.05. The summed E-state index contributed by atoms with van der Waals surface area (Å²) >= 11 is 1.93. The Morgan fingerprint density at radius 2 is 2.00 bits per heavy atom. The van der Waals surface area contributed by atoms with E-state index in [1.165, 1.54) is 17.7 Å². The molecule has 1 fully saturated rings. The highest BCUT2D eigenvalue weighted by Gasteiger charge is 2.22. The van der Waals surface area contributed by atoms with Gasteiger partial charge < -0.3 is 10.8 Å². The van der Waals surface area contributed by atoms with Crippen molar-refractivity contribution < 1.29 is 5.11 Å². The molecule has 0 aromatic heterocycles. The van der Waals surface area contributed by atoms with Crippen molar-refractivity contribution >= 4 is 11.8 Å². The average Bonchev–Trinajstić information content (AvgIpc) is 3.02. The second kappa shape index (κ2) is 4.34. The number of nitrogens with two attached hydrogens (primary N) is 1. The predicted octanol–water partition coefficient (Wildman–Crippen LogP) is 1.93. The van der Waals surface area contributed by atoms with E-state index in [4.69, 9.17) is 10.8 Å². The molecule has 1 unspecified atom stereocenters. The fourth-order valence-electron chi connectivity index (χ4n) is 1.28.